The molecule has 2 rings (SSSR count). The lowest BCUT2D eigenvalue weighted by Crippen LogP contribution is -2.17. The number of ether oxygens (including phenoxy) is 1. The van der Waals surface area contributed by atoms with Crippen molar-refractivity contribution in [3.05, 3.63) is 65.0 Å². The maximum atomic E-state index is 13.6. The zero-order valence-electron chi connectivity index (χ0n) is 12.6. The Labute approximate surface area is 125 Å². The van der Waals surface area contributed by atoms with Crippen LogP contribution in [0, 0.1) is 12.7 Å². The molecule has 0 bridgehead atoms. The average Bonchev–Trinajstić information content (AvgIpc) is 2.49. The quantitative estimate of drug-likeness (QED) is 0.876. The maximum absolute atomic E-state index is 13.6. The van der Waals surface area contributed by atoms with Gasteiger partial charge in [0.2, 0.25) is 0 Å². The molecule has 0 radical (unpaired) electrons. The van der Waals surface area contributed by atoms with Crippen LogP contribution >= 0.6 is 0 Å². The van der Waals surface area contributed by atoms with Crippen molar-refractivity contribution < 1.29 is 9.13 Å². The zero-order chi connectivity index (χ0) is 15.2. The number of benzene rings is 2. The van der Waals surface area contributed by atoms with Crippen molar-refractivity contribution in [1.29, 1.82) is 0 Å². The van der Waals surface area contributed by atoms with Gasteiger partial charge in [-0.3, -0.25) is 0 Å². The molecule has 0 saturated heterocycles. The van der Waals surface area contributed by atoms with Gasteiger partial charge in [0, 0.05) is 11.5 Å². The molecule has 0 aliphatic carbocycles. The van der Waals surface area contributed by atoms with Gasteiger partial charge in [0.05, 0.1) is 6.61 Å². The van der Waals surface area contributed by atoms with E-state index in [2.05, 4.69) is 19.1 Å². The molecule has 0 fully saturated rings. The van der Waals surface area contributed by atoms with Crippen molar-refractivity contribution in [2.45, 2.75) is 26.2 Å². The minimum Gasteiger partial charge on any atom is -0.494 e. The van der Waals surface area contributed by atoms with E-state index >= 15 is 0 Å². The van der Waals surface area contributed by atoms with Gasteiger partial charge >= 0.3 is 0 Å². The summed E-state index contributed by atoms with van der Waals surface area (Å²) < 4.78 is 19.2. The number of hydrogen-bond acceptors (Lipinski definition) is 2. The molecular weight excluding hydrogens is 265 g/mol. The molecule has 2 N–H and O–H groups in total. The second kappa shape index (κ2) is 7.23. The summed E-state index contributed by atoms with van der Waals surface area (Å²) in [5.74, 6) is 0.517. The summed E-state index contributed by atoms with van der Waals surface area (Å²) in [6.45, 7) is 5.02. The Morgan fingerprint density at radius 2 is 1.95 bits per heavy atom. The average molecular weight is 287 g/mol. The van der Waals surface area contributed by atoms with Crippen LogP contribution in [0.3, 0.4) is 0 Å². The predicted molar refractivity (Wildman–Crippen MR) is 84.2 cm³/mol. The summed E-state index contributed by atoms with van der Waals surface area (Å²) >= 11 is 0. The Morgan fingerprint density at radius 3 is 2.62 bits per heavy atom. The first-order valence-corrected chi connectivity index (χ1v) is 7.32. The van der Waals surface area contributed by atoms with Crippen molar-refractivity contribution in [2.24, 2.45) is 5.73 Å². The minimum atomic E-state index is -0.253. The normalized spacial score (nSPS) is 12.2. The second-order valence-corrected chi connectivity index (χ2v) is 5.18. The van der Waals surface area contributed by atoms with Crippen molar-refractivity contribution in [3.63, 3.8) is 0 Å². The van der Waals surface area contributed by atoms with Crippen LogP contribution in [-0.4, -0.2) is 13.2 Å². The topological polar surface area (TPSA) is 35.2 Å². The number of aryl methyl sites for hydroxylation is 1. The zero-order valence-corrected chi connectivity index (χ0v) is 12.6. The molecule has 0 amide bonds. The molecule has 21 heavy (non-hydrogen) atoms. The van der Waals surface area contributed by atoms with Crippen LogP contribution in [-0.2, 0) is 6.42 Å². The SMILES string of the molecule is CCOc1ccc(F)cc1C(CN)Cc1ccccc1C. The molecule has 1 unspecified atom stereocenters. The van der Waals surface area contributed by atoms with Crippen LogP contribution in [0.1, 0.15) is 29.5 Å². The molecule has 112 valence electrons. The van der Waals surface area contributed by atoms with Gasteiger partial charge in [-0.1, -0.05) is 24.3 Å². The highest BCUT2D eigenvalue weighted by atomic mass is 19.1. The third-order valence-electron chi connectivity index (χ3n) is 3.72. The van der Waals surface area contributed by atoms with Crippen molar-refractivity contribution in [1.82, 2.24) is 0 Å². The molecule has 1 atom stereocenters. The van der Waals surface area contributed by atoms with E-state index in [0.717, 1.165) is 17.7 Å². The van der Waals surface area contributed by atoms with Crippen LogP contribution in [0.25, 0.3) is 0 Å². The highest BCUT2D eigenvalue weighted by molar-refractivity contribution is 5.39. The number of hydrogen-bond donors (Lipinski definition) is 1. The summed E-state index contributed by atoms with van der Waals surface area (Å²) in [7, 11) is 0. The van der Waals surface area contributed by atoms with Crippen molar-refractivity contribution in [2.75, 3.05) is 13.2 Å². The van der Waals surface area contributed by atoms with Crippen molar-refractivity contribution >= 4 is 0 Å². The largest absolute Gasteiger partial charge is 0.494 e. The van der Waals surface area contributed by atoms with Gasteiger partial charge in [-0.05, 0) is 56.1 Å². The standard InChI is InChI=1S/C18H22FNO/c1-3-21-18-9-8-16(19)11-17(18)15(12-20)10-14-7-5-4-6-13(14)2/h4-9,11,15H,3,10,12,20H2,1-2H3. The Kier molecular flexibility index (Phi) is 5.34. The lowest BCUT2D eigenvalue weighted by atomic mass is 9.89. The Bertz CT molecular complexity index is 598. The van der Waals surface area contributed by atoms with Gasteiger partial charge in [0.25, 0.3) is 0 Å². The van der Waals surface area contributed by atoms with Gasteiger partial charge in [-0.25, -0.2) is 4.39 Å². The Morgan fingerprint density at radius 1 is 1.19 bits per heavy atom. The molecule has 0 aliphatic heterocycles. The molecule has 2 aromatic carbocycles. The molecular formula is C18H22FNO. The van der Waals surface area contributed by atoms with Gasteiger partial charge in [0.15, 0.2) is 0 Å². The fourth-order valence-corrected chi connectivity index (χ4v) is 2.55. The summed E-state index contributed by atoms with van der Waals surface area (Å²) in [5.41, 5.74) is 9.25. The highest BCUT2D eigenvalue weighted by Crippen LogP contribution is 2.30. The van der Waals surface area contributed by atoms with Gasteiger partial charge in [0.1, 0.15) is 11.6 Å². The summed E-state index contributed by atoms with van der Waals surface area (Å²) in [5, 5.41) is 0. The highest BCUT2D eigenvalue weighted by Gasteiger charge is 2.17. The molecule has 0 heterocycles. The van der Waals surface area contributed by atoms with Crippen LogP contribution in [0.15, 0.2) is 42.5 Å². The number of nitrogens with two attached hydrogens (primary N) is 1. The van der Waals surface area contributed by atoms with Crippen molar-refractivity contribution in [3.8, 4) is 5.75 Å². The minimum absolute atomic E-state index is 0.0448. The van der Waals surface area contributed by atoms with Crippen LogP contribution in [0.5, 0.6) is 5.75 Å². The van der Waals surface area contributed by atoms with E-state index in [9.17, 15) is 4.39 Å². The predicted octanol–water partition coefficient (Wildman–Crippen LogP) is 3.82. The maximum Gasteiger partial charge on any atom is 0.123 e. The molecule has 0 aromatic heterocycles. The van der Waals surface area contributed by atoms with Gasteiger partial charge in [-0.15, -0.1) is 0 Å². The molecule has 0 aliphatic rings. The summed E-state index contributed by atoms with van der Waals surface area (Å²) in [6, 6.07) is 12.9. The van der Waals surface area contributed by atoms with Crippen LogP contribution in [0.2, 0.25) is 0 Å². The fraction of sp³-hybridized carbons (Fsp3) is 0.333. The smallest absolute Gasteiger partial charge is 0.123 e. The van der Waals surface area contributed by atoms with E-state index in [0.29, 0.717) is 13.2 Å². The first-order chi connectivity index (χ1) is 10.2. The van der Waals surface area contributed by atoms with E-state index < -0.39 is 0 Å². The van der Waals surface area contributed by atoms with E-state index in [1.54, 1.807) is 12.1 Å². The van der Waals surface area contributed by atoms with Crippen LogP contribution < -0.4 is 10.5 Å². The van der Waals surface area contributed by atoms with Gasteiger partial charge < -0.3 is 10.5 Å². The van der Waals surface area contributed by atoms with E-state index in [1.165, 1.54) is 17.2 Å². The van der Waals surface area contributed by atoms with Gasteiger partial charge in [-0.2, -0.15) is 0 Å². The first-order valence-electron chi connectivity index (χ1n) is 7.32. The third kappa shape index (κ3) is 3.82. The number of halogens is 1. The lowest BCUT2D eigenvalue weighted by molar-refractivity contribution is 0.333. The first kappa shape index (κ1) is 15.5. The van der Waals surface area contributed by atoms with E-state index in [4.69, 9.17) is 10.5 Å². The third-order valence-corrected chi connectivity index (χ3v) is 3.72. The number of rotatable bonds is 6. The van der Waals surface area contributed by atoms with E-state index in [1.807, 2.05) is 19.1 Å². The molecule has 0 saturated carbocycles. The second-order valence-electron chi connectivity index (χ2n) is 5.18. The fourth-order valence-electron chi connectivity index (χ4n) is 2.55. The molecule has 2 nitrogen and oxygen atoms in total. The molecule has 3 heteroatoms. The molecule has 2 aromatic rings. The lowest BCUT2D eigenvalue weighted by Gasteiger charge is -2.20. The van der Waals surface area contributed by atoms with Crippen LogP contribution in [0.4, 0.5) is 4.39 Å². The Hall–Kier alpha value is -1.87. The molecule has 0 spiro atoms. The monoisotopic (exact) mass is 287 g/mol. The Balaban J connectivity index is 2.33. The van der Waals surface area contributed by atoms with E-state index in [-0.39, 0.29) is 11.7 Å². The summed E-state index contributed by atoms with van der Waals surface area (Å²) in [4.78, 5) is 0. The summed E-state index contributed by atoms with van der Waals surface area (Å²) in [6.07, 6.45) is 0.784.